The van der Waals surface area contributed by atoms with E-state index in [0.717, 1.165) is 6.92 Å². The van der Waals surface area contributed by atoms with Crippen molar-refractivity contribution in [2.24, 2.45) is 0 Å². The van der Waals surface area contributed by atoms with Crippen LogP contribution in [-0.4, -0.2) is 24.4 Å². The van der Waals surface area contributed by atoms with Crippen LogP contribution in [-0.2, 0) is 0 Å². The van der Waals surface area contributed by atoms with E-state index in [1.54, 1.807) is 0 Å². The van der Waals surface area contributed by atoms with Crippen molar-refractivity contribution < 1.29 is 30.7 Å². The van der Waals surface area contributed by atoms with Gasteiger partial charge in [0.15, 0.2) is 0 Å². The van der Waals surface area contributed by atoms with Gasteiger partial charge < -0.3 is 0 Å². The van der Waals surface area contributed by atoms with Gasteiger partial charge in [-0.1, -0.05) is 6.92 Å². The second-order valence-corrected chi connectivity index (χ2v) is 2.83. The minimum Gasteiger partial charge on any atom is -0.234 e. The van der Waals surface area contributed by atoms with Gasteiger partial charge in [-0.15, -0.1) is 0 Å². The highest BCUT2D eigenvalue weighted by Gasteiger charge is 2.55. The Kier molecular flexibility index (Phi) is 4.20. The first-order chi connectivity index (χ1) is 6.13. The van der Waals surface area contributed by atoms with Crippen molar-refractivity contribution in [2.75, 3.05) is 0 Å². The predicted octanol–water partition coefficient (Wildman–Crippen LogP) is 3.66. The van der Waals surface area contributed by atoms with Gasteiger partial charge in [0.2, 0.25) is 12.6 Å². The van der Waals surface area contributed by atoms with Crippen LogP contribution >= 0.6 is 0 Å². The molecule has 0 saturated carbocycles. The lowest BCUT2D eigenvalue weighted by Gasteiger charge is -2.26. The van der Waals surface area contributed by atoms with Crippen molar-refractivity contribution in [1.82, 2.24) is 0 Å². The van der Waals surface area contributed by atoms with Crippen LogP contribution in [0.4, 0.5) is 30.7 Å². The number of hydrogen-bond donors (Lipinski definition) is 0. The summed E-state index contributed by atoms with van der Waals surface area (Å²) in [5, 5.41) is 0. The van der Waals surface area contributed by atoms with Crippen LogP contribution in [0.3, 0.4) is 0 Å². The number of halogens is 7. The first kappa shape index (κ1) is 13.5. The van der Waals surface area contributed by atoms with E-state index in [-0.39, 0.29) is 0 Å². The van der Waals surface area contributed by atoms with E-state index in [9.17, 15) is 30.7 Å². The third-order valence-corrected chi connectivity index (χ3v) is 1.64. The lowest BCUT2D eigenvalue weighted by atomic mass is 10.0. The van der Waals surface area contributed by atoms with Crippen LogP contribution in [0.2, 0.25) is 0 Å². The van der Waals surface area contributed by atoms with Crippen molar-refractivity contribution in [3.63, 3.8) is 0 Å². The fraction of sp³-hybridized carbons (Fsp3) is 1.00. The molecule has 0 amide bonds. The van der Waals surface area contributed by atoms with E-state index in [1.165, 1.54) is 0 Å². The second kappa shape index (κ2) is 4.35. The number of alkyl halides is 7. The zero-order chi connectivity index (χ0) is 11.6. The molecule has 0 saturated heterocycles. The van der Waals surface area contributed by atoms with Crippen molar-refractivity contribution in [3.05, 3.63) is 0 Å². The Bertz CT molecular complexity index is 177. The van der Waals surface area contributed by atoms with Gasteiger partial charge in [-0.2, -0.15) is 0 Å². The average Bonchev–Trinajstić information content (AvgIpc) is 2.00. The normalized spacial score (nSPS) is 16.1. The molecule has 14 heavy (non-hydrogen) atoms. The zero-order valence-electron chi connectivity index (χ0n) is 7.21. The standard InChI is InChI=1S/C7H9F7/c1-2-6(11,12)5(10)7(13,14)3-4(8)9/h4-5H,2-3H2,1H3/t5-/m0/s1. The first-order valence-electron chi connectivity index (χ1n) is 3.81. The number of rotatable bonds is 5. The third-order valence-electron chi connectivity index (χ3n) is 1.64. The monoisotopic (exact) mass is 226 g/mol. The van der Waals surface area contributed by atoms with Crippen LogP contribution in [0.15, 0.2) is 0 Å². The van der Waals surface area contributed by atoms with Gasteiger partial charge in [-0.25, -0.2) is 30.7 Å². The highest BCUT2D eigenvalue weighted by molar-refractivity contribution is 4.88. The van der Waals surface area contributed by atoms with Crippen LogP contribution in [0.25, 0.3) is 0 Å². The van der Waals surface area contributed by atoms with E-state index in [1.807, 2.05) is 0 Å². The largest absolute Gasteiger partial charge is 0.290 e. The van der Waals surface area contributed by atoms with E-state index in [2.05, 4.69) is 0 Å². The lowest BCUT2D eigenvalue weighted by Crippen LogP contribution is -2.44. The maximum absolute atomic E-state index is 12.5. The second-order valence-electron chi connectivity index (χ2n) is 2.83. The van der Waals surface area contributed by atoms with Gasteiger partial charge in [0.1, 0.15) is 0 Å². The van der Waals surface area contributed by atoms with E-state index < -0.39 is 37.3 Å². The molecule has 0 N–H and O–H groups in total. The molecule has 7 heteroatoms. The Morgan fingerprint density at radius 1 is 0.929 bits per heavy atom. The van der Waals surface area contributed by atoms with Crippen LogP contribution < -0.4 is 0 Å². The molecule has 1 atom stereocenters. The Labute approximate surface area is 76.1 Å². The smallest absolute Gasteiger partial charge is 0.234 e. The molecule has 0 aliphatic rings. The lowest BCUT2D eigenvalue weighted by molar-refractivity contribution is -0.194. The fourth-order valence-corrected chi connectivity index (χ4v) is 0.797. The van der Waals surface area contributed by atoms with E-state index >= 15 is 0 Å². The van der Waals surface area contributed by atoms with Gasteiger partial charge in [0.05, 0.1) is 6.42 Å². The Morgan fingerprint density at radius 2 is 1.36 bits per heavy atom. The maximum Gasteiger partial charge on any atom is 0.290 e. The highest BCUT2D eigenvalue weighted by atomic mass is 19.3. The molecule has 86 valence electrons. The Morgan fingerprint density at radius 3 is 1.64 bits per heavy atom. The quantitative estimate of drug-likeness (QED) is 0.627. The summed E-state index contributed by atoms with van der Waals surface area (Å²) in [7, 11) is 0. The molecule has 0 bridgehead atoms. The third kappa shape index (κ3) is 3.34. The highest BCUT2D eigenvalue weighted by Crippen LogP contribution is 2.39. The van der Waals surface area contributed by atoms with E-state index in [4.69, 9.17) is 0 Å². The van der Waals surface area contributed by atoms with Crippen molar-refractivity contribution in [3.8, 4) is 0 Å². The molecule has 0 heterocycles. The van der Waals surface area contributed by atoms with Gasteiger partial charge in [0, 0.05) is 6.42 Å². The average molecular weight is 226 g/mol. The van der Waals surface area contributed by atoms with Gasteiger partial charge in [-0.05, 0) is 0 Å². The van der Waals surface area contributed by atoms with E-state index in [0.29, 0.717) is 0 Å². The van der Waals surface area contributed by atoms with Crippen molar-refractivity contribution in [2.45, 2.75) is 44.2 Å². The first-order valence-corrected chi connectivity index (χ1v) is 3.81. The van der Waals surface area contributed by atoms with Crippen LogP contribution in [0.1, 0.15) is 19.8 Å². The molecule has 0 aliphatic carbocycles. The Balaban J connectivity index is 4.56. The summed E-state index contributed by atoms with van der Waals surface area (Å²) >= 11 is 0. The molecule has 0 radical (unpaired) electrons. The van der Waals surface area contributed by atoms with Gasteiger partial charge >= 0.3 is 0 Å². The summed E-state index contributed by atoms with van der Waals surface area (Å²) in [6.45, 7) is 0.797. The molecular formula is C7H9F7. The summed E-state index contributed by atoms with van der Waals surface area (Å²) in [5.41, 5.74) is 0. The SMILES string of the molecule is CCC(F)(F)[C@H](F)C(F)(F)CC(F)F. The molecular weight excluding hydrogens is 217 g/mol. The molecule has 0 unspecified atom stereocenters. The summed E-state index contributed by atoms with van der Waals surface area (Å²) in [6.07, 6.45) is -10.7. The topological polar surface area (TPSA) is 0 Å². The summed E-state index contributed by atoms with van der Waals surface area (Å²) in [5.74, 6) is -8.98. The minimum absolute atomic E-state index is 0.797. The summed E-state index contributed by atoms with van der Waals surface area (Å²) < 4.78 is 85.1. The Hall–Kier alpha value is -0.490. The molecule has 0 rings (SSSR count). The molecule has 0 nitrogen and oxygen atoms in total. The van der Waals surface area contributed by atoms with Crippen molar-refractivity contribution >= 4 is 0 Å². The molecule has 0 spiro atoms. The van der Waals surface area contributed by atoms with Gasteiger partial charge in [0.25, 0.3) is 11.8 Å². The van der Waals surface area contributed by atoms with Crippen LogP contribution in [0, 0.1) is 0 Å². The molecule has 0 aromatic rings. The molecule has 0 aromatic heterocycles. The summed E-state index contributed by atoms with van der Waals surface area (Å²) in [6, 6.07) is 0. The fourth-order valence-electron chi connectivity index (χ4n) is 0.797. The zero-order valence-corrected chi connectivity index (χ0v) is 7.21. The molecule has 0 aliphatic heterocycles. The van der Waals surface area contributed by atoms with Crippen LogP contribution in [0.5, 0.6) is 0 Å². The summed E-state index contributed by atoms with van der Waals surface area (Å²) in [4.78, 5) is 0. The predicted molar refractivity (Wildman–Crippen MR) is 35.7 cm³/mol. The van der Waals surface area contributed by atoms with Crippen molar-refractivity contribution in [1.29, 1.82) is 0 Å². The minimum atomic E-state index is -4.70. The van der Waals surface area contributed by atoms with Gasteiger partial charge in [-0.3, -0.25) is 0 Å². The maximum atomic E-state index is 12.5. The molecule has 0 fully saturated rings. The molecule has 0 aromatic carbocycles. The number of hydrogen-bond acceptors (Lipinski definition) is 0.